The fourth-order valence-electron chi connectivity index (χ4n) is 2.09. The van der Waals surface area contributed by atoms with E-state index in [1.165, 1.54) is 0 Å². The quantitative estimate of drug-likeness (QED) is 0.926. The second-order valence-corrected chi connectivity index (χ2v) is 4.96. The number of methoxy groups -OCH3 is 1. The minimum Gasteiger partial charge on any atom is -0.380 e. The molecule has 0 radical (unpaired) electrons. The van der Waals surface area contributed by atoms with E-state index in [1.807, 2.05) is 42.5 Å². The highest BCUT2D eigenvalue weighted by atomic mass is 35.5. The van der Waals surface area contributed by atoms with Gasteiger partial charge in [-0.25, -0.2) is 0 Å². The Morgan fingerprint density at radius 3 is 2.65 bits per heavy atom. The van der Waals surface area contributed by atoms with Gasteiger partial charge in [-0.05, 0) is 28.8 Å². The number of primary amides is 1. The summed E-state index contributed by atoms with van der Waals surface area (Å²) < 4.78 is 5.22. The molecule has 1 amide bonds. The Balaban J connectivity index is 2.46. The van der Waals surface area contributed by atoms with Gasteiger partial charge in [-0.15, -0.1) is 0 Å². The number of nitrogens with two attached hydrogens (primary N) is 1. The van der Waals surface area contributed by atoms with E-state index in [-0.39, 0.29) is 5.91 Å². The molecule has 0 saturated heterocycles. The third kappa shape index (κ3) is 3.38. The molecule has 2 rings (SSSR count). The van der Waals surface area contributed by atoms with Crippen LogP contribution in [0.1, 0.15) is 5.56 Å². The van der Waals surface area contributed by atoms with Crippen molar-refractivity contribution in [2.45, 2.75) is 0 Å². The lowest BCUT2D eigenvalue weighted by atomic mass is 9.95. The minimum absolute atomic E-state index is 0.375. The van der Waals surface area contributed by atoms with Crippen LogP contribution in [-0.2, 0) is 9.53 Å². The van der Waals surface area contributed by atoms with Crippen molar-refractivity contribution in [3.05, 3.63) is 64.7 Å². The molecule has 20 heavy (non-hydrogen) atoms. The van der Waals surface area contributed by atoms with E-state index in [4.69, 9.17) is 22.1 Å². The molecule has 0 fully saturated rings. The zero-order chi connectivity index (χ0) is 14.5. The first-order valence-electron chi connectivity index (χ1n) is 6.25. The Labute approximate surface area is 123 Å². The molecule has 0 saturated carbocycles. The van der Waals surface area contributed by atoms with Crippen molar-refractivity contribution >= 4 is 23.1 Å². The topological polar surface area (TPSA) is 52.3 Å². The highest BCUT2D eigenvalue weighted by Crippen LogP contribution is 2.28. The van der Waals surface area contributed by atoms with E-state index in [9.17, 15) is 4.79 Å². The summed E-state index contributed by atoms with van der Waals surface area (Å²) in [6.45, 7) is 0.463. The minimum atomic E-state index is -0.425. The molecule has 1 aliphatic carbocycles. The van der Waals surface area contributed by atoms with Crippen LogP contribution in [0.25, 0.3) is 5.57 Å². The van der Waals surface area contributed by atoms with Crippen molar-refractivity contribution in [3.63, 3.8) is 0 Å². The predicted octanol–water partition coefficient (Wildman–Crippen LogP) is 2.97. The Hall–Kier alpha value is -1.84. The van der Waals surface area contributed by atoms with Gasteiger partial charge in [0, 0.05) is 12.1 Å². The number of rotatable bonds is 4. The van der Waals surface area contributed by atoms with E-state index in [0.717, 1.165) is 16.7 Å². The third-order valence-electron chi connectivity index (χ3n) is 3.09. The summed E-state index contributed by atoms with van der Waals surface area (Å²) in [5.74, 6) is -0.800. The maximum absolute atomic E-state index is 11.5. The SMILES string of the molecule is COCC1=CC=CC(C(N)=O)C=C1c1ccc(Cl)cc1. The lowest BCUT2D eigenvalue weighted by molar-refractivity contribution is -0.119. The van der Waals surface area contributed by atoms with Crippen LogP contribution < -0.4 is 5.73 Å². The average Bonchev–Trinajstić information content (AvgIpc) is 2.63. The summed E-state index contributed by atoms with van der Waals surface area (Å²) in [5, 5.41) is 0.671. The molecule has 1 aliphatic rings. The summed E-state index contributed by atoms with van der Waals surface area (Å²) in [6, 6.07) is 7.47. The molecule has 0 bridgehead atoms. The molecule has 1 unspecified atom stereocenters. The molecule has 1 atom stereocenters. The molecule has 104 valence electrons. The molecule has 3 nitrogen and oxygen atoms in total. The van der Waals surface area contributed by atoms with Crippen LogP contribution in [0.3, 0.4) is 0 Å². The standard InChI is InChI=1S/C16H16ClNO2/c1-20-10-13-4-2-3-12(16(18)19)9-15(13)11-5-7-14(17)8-6-11/h2-9,12H,10H2,1H3,(H2,18,19). The molecule has 4 heteroatoms. The lowest BCUT2D eigenvalue weighted by Gasteiger charge is -2.13. The van der Waals surface area contributed by atoms with E-state index in [2.05, 4.69) is 0 Å². The van der Waals surface area contributed by atoms with E-state index < -0.39 is 5.92 Å². The number of ether oxygens (including phenoxy) is 1. The smallest absolute Gasteiger partial charge is 0.228 e. The maximum atomic E-state index is 11.5. The molecule has 0 spiro atoms. The first-order chi connectivity index (χ1) is 9.61. The zero-order valence-corrected chi connectivity index (χ0v) is 11.9. The van der Waals surface area contributed by atoms with Crippen molar-refractivity contribution in [1.82, 2.24) is 0 Å². The van der Waals surface area contributed by atoms with Gasteiger partial charge in [0.15, 0.2) is 0 Å². The fraction of sp³-hybridized carbons (Fsp3) is 0.188. The van der Waals surface area contributed by atoms with Gasteiger partial charge in [-0.2, -0.15) is 0 Å². The zero-order valence-electron chi connectivity index (χ0n) is 11.2. The molecule has 0 aliphatic heterocycles. The number of amides is 1. The van der Waals surface area contributed by atoms with Crippen molar-refractivity contribution in [3.8, 4) is 0 Å². The van der Waals surface area contributed by atoms with Gasteiger partial charge in [-0.1, -0.05) is 48.0 Å². The number of hydrogen-bond acceptors (Lipinski definition) is 2. The Bertz CT molecular complexity index is 585. The summed E-state index contributed by atoms with van der Waals surface area (Å²) in [5.41, 5.74) is 8.33. The van der Waals surface area contributed by atoms with Crippen LogP contribution in [0.15, 0.2) is 54.1 Å². The highest BCUT2D eigenvalue weighted by molar-refractivity contribution is 6.30. The Morgan fingerprint density at radius 1 is 1.35 bits per heavy atom. The van der Waals surface area contributed by atoms with E-state index >= 15 is 0 Å². The first kappa shape index (κ1) is 14.6. The molecule has 1 aromatic carbocycles. The van der Waals surface area contributed by atoms with Crippen LogP contribution in [0.2, 0.25) is 5.02 Å². The van der Waals surface area contributed by atoms with Crippen LogP contribution >= 0.6 is 11.6 Å². The summed E-state index contributed by atoms with van der Waals surface area (Å²) in [7, 11) is 1.64. The van der Waals surface area contributed by atoms with Crippen molar-refractivity contribution in [1.29, 1.82) is 0 Å². The monoisotopic (exact) mass is 289 g/mol. The number of carbonyl (C=O) groups is 1. The van der Waals surface area contributed by atoms with Crippen LogP contribution in [0.5, 0.6) is 0 Å². The van der Waals surface area contributed by atoms with Gasteiger partial charge >= 0.3 is 0 Å². The van der Waals surface area contributed by atoms with Gasteiger partial charge in [-0.3, -0.25) is 4.79 Å². The number of carbonyl (C=O) groups excluding carboxylic acids is 1. The van der Waals surface area contributed by atoms with Gasteiger partial charge in [0.25, 0.3) is 0 Å². The largest absolute Gasteiger partial charge is 0.380 e. The average molecular weight is 290 g/mol. The maximum Gasteiger partial charge on any atom is 0.228 e. The molecule has 1 aromatic rings. The number of halogens is 1. The molecular weight excluding hydrogens is 274 g/mol. The second kappa shape index (κ2) is 6.55. The van der Waals surface area contributed by atoms with Crippen molar-refractivity contribution in [2.24, 2.45) is 11.7 Å². The third-order valence-corrected chi connectivity index (χ3v) is 3.34. The van der Waals surface area contributed by atoms with Gasteiger partial charge < -0.3 is 10.5 Å². The number of allylic oxidation sites excluding steroid dienone is 2. The van der Waals surface area contributed by atoms with Crippen LogP contribution in [-0.4, -0.2) is 19.6 Å². The number of benzene rings is 1. The van der Waals surface area contributed by atoms with Crippen LogP contribution in [0, 0.1) is 5.92 Å². The number of hydrogen-bond donors (Lipinski definition) is 1. The van der Waals surface area contributed by atoms with Crippen molar-refractivity contribution in [2.75, 3.05) is 13.7 Å². The van der Waals surface area contributed by atoms with Crippen molar-refractivity contribution < 1.29 is 9.53 Å². The van der Waals surface area contributed by atoms with Gasteiger partial charge in [0.1, 0.15) is 0 Å². The Morgan fingerprint density at radius 2 is 2.05 bits per heavy atom. The predicted molar refractivity (Wildman–Crippen MR) is 81.2 cm³/mol. The lowest BCUT2D eigenvalue weighted by Crippen LogP contribution is -2.19. The molecule has 0 aromatic heterocycles. The molecular formula is C16H16ClNO2. The summed E-state index contributed by atoms with van der Waals surface area (Å²) >= 11 is 5.91. The second-order valence-electron chi connectivity index (χ2n) is 4.53. The van der Waals surface area contributed by atoms with Gasteiger partial charge in [0.05, 0.1) is 12.5 Å². The van der Waals surface area contributed by atoms with Crippen LogP contribution in [0.4, 0.5) is 0 Å². The molecule has 2 N–H and O–H groups in total. The fourth-order valence-corrected chi connectivity index (χ4v) is 2.22. The van der Waals surface area contributed by atoms with E-state index in [0.29, 0.717) is 11.6 Å². The highest BCUT2D eigenvalue weighted by Gasteiger charge is 2.16. The molecule has 0 heterocycles. The normalized spacial score (nSPS) is 18.2. The summed E-state index contributed by atoms with van der Waals surface area (Å²) in [4.78, 5) is 11.5. The first-order valence-corrected chi connectivity index (χ1v) is 6.63. The Kier molecular flexibility index (Phi) is 4.77. The van der Waals surface area contributed by atoms with Gasteiger partial charge in [0.2, 0.25) is 5.91 Å². The van der Waals surface area contributed by atoms with E-state index in [1.54, 1.807) is 13.2 Å². The summed E-state index contributed by atoms with van der Waals surface area (Å²) in [6.07, 6.45) is 7.41.